The molecule has 31 heavy (non-hydrogen) atoms. The lowest BCUT2D eigenvalue weighted by molar-refractivity contribution is -0.117. The van der Waals surface area contributed by atoms with Crippen molar-refractivity contribution >= 4 is 41.5 Å². The first-order valence-corrected chi connectivity index (χ1v) is 10.4. The highest BCUT2D eigenvalue weighted by Gasteiger charge is 2.24. The van der Waals surface area contributed by atoms with Crippen LogP contribution >= 0.6 is 24.0 Å². The van der Waals surface area contributed by atoms with E-state index in [9.17, 15) is 4.79 Å². The highest BCUT2D eigenvalue weighted by atomic mass is 127. The van der Waals surface area contributed by atoms with Crippen molar-refractivity contribution in [3.8, 4) is 0 Å². The zero-order valence-electron chi connectivity index (χ0n) is 18.0. The summed E-state index contributed by atoms with van der Waals surface area (Å²) in [7, 11) is 3.36. The van der Waals surface area contributed by atoms with E-state index in [-0.39, 0.29) is 42.5 Å². The normalized spacial score (nSPS) is 17.9. The quantitative estimate of drug-likeness (QED) is 0.340. The molecule has 0 spiro atoms. The Balaban J connectivity index is 0.00000272. The number of aromatic nitrogens is 3. The molecular formula is C21H30IN7O2. The maximum atomic E-state index is 12.8. The third kappa shape index (κ3) is 5.53. The molecule has 168 valence electrons. The molecule has 0 radical (unpaired) electrons. The van der Waals surface area contributed by atoms with Gasteiger partial charge in [0.25, 0.3) is 0 Å². The van der Waals surface area contributed by atoms with Crippen molar-refractivity contribution < 1.29 is 9.53 Å². The molecule has 2 aliphatic heterocycles. The summed E-state index contributed by atoms with van der Waals surface area (Å²) >= 11 is 0. The number of aryl methyl sites for hydroxylation is 2. The van der Waals surface area contributed by atoms with Crippen molar-refractivity contribution in [3.63, 3.8) is 0 Å². The Morgan fingerprint density at radius 2 is 2.16 bits per heavy atom. The SMILES string of the molecule is CN=C(NCC(=O)N1CCCc2ccccc21)NC1CCc2nc(COC)nn2C1.I. The molecule has 4 rings (SSSR count). The maximum Gasteiger partial charge on any atom is 0.246 e. The number of fused-ring (bicyclic) bond motifs is 2. The summed E-state index contributed by atoms with van der Waals surface area (Å²) < 4.78 is 7.05. The van der Waals surface area contributed by atoms with E-state index >= 15 is 0 Å². The molecule has 10 heteroatoms. The Labute approximate surface area is 199 Å². The number of rotatable bonds is 5. The molecule has 9 nitrogen and oxygen atoms in total. The number of halogens is 1. The lowest BCUT2D eigenvalue weighted by Gasteiger charge is -2.30. The largest absolute Gasteiger partial charge is 0.377 e. The first-order valence-electron chi connectivity index (χ1n) is 10.4. The van der Waals surface area contributed by atoms with Gasteiger partial charge in [0.05, 0.1) is 13.1 Å². The van der Waals surface area contributed by atoms with Crippen LogP contribution in [-0.2, 0) is 35.5 Å². The number of hydrogen-bond donors (Lipinski definition) is 2. The van der Waals surface area contributed by atoms with Crippen molar-refractivity contribution in [2.75, 3.05) is 32.1 Å². The maximum absolute atomic E-state index is 12.8. The number of aliphatic imine (C=N–C) groups is 1. The van der Waals surface area contributed by atoms with Gasteiger partial charge in [-0.3, -0.25) is 9.79 Å². The number of ether oxygens (including phenoxy) is 1. The summed E-state index contributed by atoms with van der Waals surface area (Å²) in [5, 5.41) is 11.1. The number of para-hydroxylation sites is 1. The summed E-state index contributed by atoms with van der Waals surface area (Å²) in [5.41, 5.74) is 2.26. The average Bonchev–Trinajstić information content (AvgIpc) is 3.18. The van der Waals surface area contributed by atoms with Crippen LogP contribution in [0.15, 0.2) is 29.3 Å². The zero-order valence-corrected chi connectivity index (χ0v) is 20.3. The van der Waals surface area contributed by atoms with Gasteiger partial charge in [0, 0.05) is 38.9 Å². The van der Waals surface area contributed by atoms with E-state index < -0.39 is 0 Å². The Bertz CT molecular complexity index is 930. The summed E-state index contributed by atoms with van der Waals surface area (Å²) in [5.74, 6) is 2.38. The minimum Gasteiger partial charge on any atom is -0.377 e. The fourth-order valence-electron chi connectivity index (χ4n) is 4.10. The minimum absolute atomic E-state index is 0. The number of carbonyl (C=O) groups excluding carboxylic acids is 1. The van der Waals surface area contributed by atoms with Crippen LogP contribution in [0.2, 0.25) is 0 Å². The molecule has 1 aromatic carbocycles. The van der Waals surface area contributed by atoms with Crippen LogP contribution < -0.4 is 15.5 Å². The minimum atomic E-state index is 0. The second-order valence-electron chi connectivity index (χ2n) is 7.64. The van der Waals surface area contributed by atoms with Gasteiger partial charge in [-0.15, -0.1) is 24.0 Å². The van der Waals surface area contributed by atoms with Gasteiger partial charge in [0.1, 0.15) is 12.4 Å². The first-order chi connectivity index (χ1) is 14.7. The van der Waals surface area contributed by atoms with E-state index in [1.807, 2.05) is 27.8 Å². The first kappa shape index (κ1) is 23.5. The van der Waals surface area contributed by atoms with Crippen LogP contribution in [0.4, 0.5) is 5.69 Å². The number of benzene rings is 1. The van der Waals surface area contributed by atoms with Crippen LogP contribution in [0.1, 0.15) is 30.1 Å². The molecule has 3 heterocycles. The number of hydrogen-bond acceptors (Lipinski definition) is 5. The molecular weight excluding hydrogens is 509 g/mol. The lowest BCUT2D eigenvalue weighted by atomic mass is 10.0. The summed E-state index contributed by atoms with van der Waals surface area (Å²) in [6, 6.07) is 8.31. The number of anilines is 1. The van der Waals surface area contributed by atoms with Gasteiger partial charge >= 0.3 is 0 Å². The van der Waals surface area contributed by atoms with E-state index in [0.29, 0.717) is 24.9 Å². The Kier molecular flexibility index (Phi) is 8.24. The smallest absolute Gasteiger partial charge is 0.246 e. The van der Waals surface area contributed by atoms with Gasteiger partial charge in [-0.2, -0.15) is 5.10 Å². The number of amides is 1. The van der Waals surface area contributed by atoms with Crippen LogP contribution in [0.25, 0.3) is 0 Å². The van der Waals surface area contributed by atoms with E-state index in [1.54, 1.807) is 14.2 Å². The van der Waals surface area contributed by atoms with Gasteiger partial charge < -0.3 is 20.3 Å². The molecule has 2 aliphatic rings. The Morgan fingerprint density at radius 3 is 2.97 bits per heavy atom. The molecule has 2 N–H and O–H groups in total. The fraction of sp³-hybridized carbons (Fsp3) is 0.524. The highest BCUT2D eigenvalue weighted by Crippen LogP contribution is 2.26. The predicted octanol–water partition coefficient (Wildman–Crippen LogP) is 1.50. The second-order valence-corrected chi connectivity index (χ2v) is 7.64. The molecule has 1 amide bonds. The molecule has 0 aliphatic carbocycles. The van der Waals surface area contributed by atoms with E-state index in [2.05, 4.69) is 31.8 Å². The van der Waals surface area contributed by atoms with Gasteiger partial charge in [0.15, 0.2) is 11.8 Å². The monoisotopic (exact) mass is 539 g/mol. The van der Waals surface area contributed by atoms with Crippen molar-refractivity contribution in [1.29, 1.82) is 0 Å². The van der Waals surface area contributed by atoms with Crippen molar-refractivity contribution in [2.45, 2.75) is 44.9 Å². The van der Waals surface area contributed by atoms with Crippen LogP contribution in [-0.4, -0.2) is 59.9 Å². The number of carbonyl (C=O) groups is 1. The van der Waals surface area contributed by atoms with Crippen LogP contribution in [0.3, 0.4) is 0 Å². The highest BCUT2D eigenvalue weighted by molar-refractivity contribution is 14.0. The van der Waals surface area contributed by atoms with Crippen LogP contribution in [0.5, 0.6) is 0 Å². The topological polar surface area (TPSA) is 96.7 Å². The van der Waals surface area contributed by atoms with Gasteiger partial charge in [-0.05, 0) is 30.9 Å². The number of methoxy groups -OCH3 is 1. The van der Waals surface area contributed by atoms with Crippen molar-refractivity contribution in [2.24, 2.45) is 4.99 Å². The molecule has 0 saturated carbocycles. The zero-order chi connectivity index (χ0) is 20.9. The van der Waals surface area contributed by atoms with E-state index in [1.165, 1.54) is 5.56 Å². The Morgan fingerprint density at radius 1 is 1.32 bits per heavy atom. The number of nitrogens with zero attached hydrogens (tertiary/aromatic N) is 5. The van der Waals surface area contributed by atoms with Gasteiger partial charge in [-0.25, -0.2) is 9.67 Å². The van der Waals surface area contributed by atoms with Crippen molar-refractivity contribution in [3.05, 3.63) is 41.5 Å². The number of nitrogens with one attached hydrogen (secondary N) is 2. The van der Waals surface area contributed by atoms with Gasteiger partial charge in [0.2, 0.25) is 5.91 Å². The molecule has 0 bridgehead atoms. The molecule has 0 saturated heterocycles. The van der Waals surface area contributed by atoms with E-state index in [4.69, 9.17) is 4.74 Å². The fourth-order valence-corrected chi connectivity index (χ4v) is 4.10. The van der Waals surface area contributed by atoms with Crippen LogP contribution in [0, 0.1) is 0 Å². The molecule has 0 fully saturated rings. The summed E-state index contributed by atoms with van der Waals surface area (Å²) in [6.45, 7) is 2.08. The lowest BCUT2D eigenvalue weighted by Crippen LogP contribution is -2.50. The molecule has 2 aromatic rings. The molecule has 1 aromatic heterocycles. The predicted molar refractivity (Wildman–Crippen MR) is 130 cm³/mol. The van der Waals surface area contributed by atoms with E-state index in [0.717, 1.165) is 43.7 Å². The second kappa shape index (κ2) is 10.9. The summed E-state index contributed by atoms with van der Waals surface area (Å²) in [6.07, 6.45) is 3.78. The summed E-state index contributed by atoms with van der Waals surface area (Å²) in [4.78, 5) is 23.5. The third-order valence-electron chi connectivity index (χ3n) is 5.56. The Hall–Kier alpha value is -2.21. The molecule has 1 atom stereocenters. The third-order valence-corrected chi connectivity index (χ3v) is 5.56. The standard InChI is InChI=1S/C21H29N7O2.HI/c1-22-21(24-16-9-10-19-25-18(14-30-2)26-28(19)13-16)23-12-20(29)27-11-5-7-15-6-3-4-8-17(15)27;/h3-4,6,8,16H,5,7,9-14H2,1-2H3,(H2,22,23,24);1H. The average molecular weight is 539 g/mol. The van der Waals surface area contributed by atoms with Gasteiger partial charge in [-0.1, -0.05) is 18.2 Å². The van der Waals surface area contributed by atoms with Crippen molar-refractivity contribution in [1.82, 2.24) is 25.4 Å². The number of guanidine groups is 1. The molecule has 1 unspecified atom stereocenters.